The highest BCUT2D eigenvalue weighted by molar-refractivity contribution is 7.15. The zero-order valence-electron chi connectivity index (χ0n) is 11.6. The van der Waals surface area contributed by atoms with Crippen LogP contribution >= 0.6 is 22.9 Å². The molecule has 0 radical (unpaired) electrons. The second kappa shape index (κ2) is 6.62. The molecule has 0 fully saturated rings. The Bertz CT molecular complexity index is 661. The summed E-state index contributed by atoms with van der Waals surface area (Å²) in [5.74, 6) is -0.0452. The highest BCUT2D eigenvalue weighted by Crippen LogP contribution is 2.42. The molecule has 0 bridgehead atoms. The molecule has 1 N–H and O–H groups in total. The normalized spacial score (nSPS) is 11.4. The van der Waals surface area contributed by atoms with E-state index in [-0.39, 0.29) is 23.7 Å². The predicted octanol–water partition coefficient (Wildman–Crippen LogP) is 4.44. The second-order valence-electron chi connectivity index (χ2n) is 4.18. The van der Waals surface area contributed by atoms with Crippen LogP contribution in [0.4, 0.5) is 18.9 Å². The average Bonchev–Trinajstić information content (AvgIpc) is 2.88. The molecule has 0 aliphatic heterocycles. The van der Waals surface area contributed by atoms with Crippen molar-refractivity contribution in [1.82, 2.24) is 4.98 Å². The first-order valence-corrected chi connectivity index (χ1v) is 7.22. The Morgan fingerprint density at radius 2 is 1.91 bits per heavy atom. The van der Waals surface area contributed by atoms with Gasteiger partial charge in [0.25, 0.3) is 0 Å². The van der Waals surface area contributed by atoms with Crippen LogP contribution < -0.4 is 14.8 Å². The van der Waals surface area contributed by atoms with Gasteiger partial charge in [-0.3, -0.25) is 0 Å². The summed E-state index contributed by atoms with van der Waals surface area (Å²) in [4.78, 5) is 4.66. The lowest BCUT2D eigenvalue weighted by Gasteiger charge is -2.17. The average molecular weight is 353 g/mol. The zero-order chi connectivity index (χ0) is 16.3. The first-order chi connectivity index (χ1) is 10.3. The van der Waals surface area contributed by atoms with E-state index in [1.165, 1.54) is 31.6 Å². The van der Waals surface area contributed by atoms with Gasteiger partial charge in [0.1, 0.15) is 11.5 Å². The Hall–Kier alpha value is -1.67. The summed E-state index contributed by atoms with van der Waals surface area (Å²) in [6.07, 6.45) is -2.97. The quantitative estimate of drug-likeness (QED) is 0.863. The topological polar surface area (TPSA) is 43.4 Å². The molecule has 1 heterocycles. The van der Waals surface area contributed by atoms with Crippen LogP contribution in [0.2, 0.25) is 4.47 Å². The number of ether oxygens (including phenoxy) is 2. The van der Waals surface area contributed by atoms with Gasteiger partial charge in [0.05, 0.1) is 32.0 Å². The number of nitrogens with one attached hydrogen (secondary N) is 1. The van der Waals surface area contributed by atoms with Gasteiger partial charge in [-0.2, -0.15) is 13.2 Å². The van der Waals surface area contributed by atoms with E-state index in [9.17, 15) is 13.2 Å². The molecule has 4 nitrogen and oxygen atoms in total. The largest absolute Gasteiger partial charge is 0.496 e. The molecule has 2 rings (SSSR count). The maximum absolute atomic E-state index is 13.0. The number of anilines is 1. The van der Waals surface area contributed by atoms with Gasteiger partial charge in [-0.1, -0.05) is 11.6 Å². The molecular formula is C13H12ClF3N2O2S. The van der Waals surface area contributed by atoms with Crippen molar-refractivity contribution in [2.75, 3.05) is 19.5 Å². The van der Waals surface area contributed by atoms with Crippen LogP contribution in [0.5, 0.6) is 11.5 Å². The Balaban J connectivity index is 2.32. The van der Waals surface area contributed by atoms with Crippen LogP contribution in [0.1, 0.15) is 10.4 Å². The van der Waals surface area contributed by atoms with E-state index >= 15 is 0 Å². The van der Waals surface area contributed by atoms with E-state index in [0.717, 1.165) is 10.9 Å². The molecule has 2 aromatic rings. The van der Waals surface area contributed by atoms with Crippen LogP contribution in [-0.4, -0.2) is 19.2 Å². The highest BCUT2D eigenvalue weighted by atomic mass is 35.5. The molecule has 0 saturated carbocycles. The minimum Gasteiger partial charge on any atom is -0.496 e. The van der Waals surface area contributed by atoms with E-state index < -0.39 is 11.7 Å². The molecule has 0 atom stereocenters. The van der Waals surface area contributed by atoms with Crippen molar-refractivity contribution >= 4 is 28.6 Å². The standard InChI is InChI=1S/C13H12ClF3N2O2S/c1-20-10-4-11(21-2)9(3-8(10)13(15,16)17)18-5-7-6-19-12(14)22-7/h3-4,6,18H,5H2,1-2H3. The molecule has 1 aromatic carbocycles. The summed E-state index contributed by atoms with van der Waals surface area (Å²) in [7, 11) is 2.55. The van der Waals surface area contributed by atoms with Crippen LogP contribution in [0.3, 0.4) is 0 Å². The van der Waals surface area contributed by atoms with Crippen LogP contribution in [0, 0.1) is 0 Å². The summed E-state index contributed by atoms with van der Waals surface area (Å²) in [5.41, 5.74) is -0.666. The zero-order valence-corrected chi connectivity index (χ0v) is 13.2. The molecule has 0 aliphatic carbocycles. The van der Waals surface area contributed by atoms with Crippen molar-refractivity contribution in [3.8, 4) is 11.5 Å². The van der Waals surface area contributed by atoms with Gasteiger partial charge in [0.15, 0.2) is 4.47 Å². The number of thiazole rings is 1. The SMILES string of the molecule is COc1cc(OC)c(C(F)(F)F)cc1NCc1cnc(Cl)s1. The highest BCUT2D eigenvalue weighted by Gasteiger charge is 2.35. The number of alkyl halides is 3. The molecule has 0 aliphatic rings. The van der Waals surface area contributed by atoms with Crippen LogP contribution in [-0.2, 0) is 12.7 Å². The molecule has 0 amide bonds. The van der Waals surface area contributed by atoms with E-state index in [2.05, 4.69) is 10.3 Å². The van der Waals surface area contributed by atoms with Gasteiger partial charge < -0.3 is 14.8 Å². The molecule has 120 valence electrons. The fourth-order valence-electron chi connectivity index (χ4n) is 1.81. The van der Waals surface area contributed by atoms with Crippen LogP contribution in [0.25, 0.3) is 0 Å². The fraction of sp³-hybridized carbons (Fsp3) is 0.308. The first kappa shape index (κ1) is 16.7. The maximum Gasteiger partial charge on any atom is 0.420 e. The molecule has 0 spiro atoms. The molecular weight excluding hydrogens is 341 g/mol. The lowest BCUT2D eigenvalue weighted by molar-refractivity contribution is -0.138. The maximum atomic E-state index is 13.0. The molecule has 22 heavy (non-hydrogen) atoms. The summed E-state index contributed by atoms with van der Waals surface area (Å²) in [6.45, 7) is 0.282. The predicted molar refractivity (Wildman–Crippen MR) is 79.0 cm³/mol. The van der Waals surface area contributed by atoms with Crippen molar-refractivity contribution in [2.24, 2.45) is 0 Å². The number of methoxy groups -OCH3 is 2. The molecule has 1 aromatic heterocycles. The van der Waals surface area contributed by atoms with Crippen molar-refractivity contribution in [3.05, 3.63) is 33.2 Å². The lowest BCUT2D eigenvalue weighted by Crippen LogP contribution is -2.10. The van der Waals surface area contributed by atoms with Gasteiger partial charge in [0.2, 0.25) is 0 Å². The van der Waals surface area contributed by atoms with Gasteiger partial charge in [-0.05, 0) is 6.07 Å². The fourth-order valence-corrected chi connectivity index (χ4v) is 2.72. The van der Waals surface area contributed by atoms with Gasteiger partial charge in [-0.25, -0.2) is 4.98 Å². The van der Waals surface area contributed by atoms with E-state index in [1.54, 1.807) is 6.20 Å². The van der Waals surface area contributed by atoms with Crippen molar-refractivity contribution in [2.45, 2.75) is 12.7 Å². The van der Waals surface area contributed by atoms with E-state index in [4.69, 9.17) is 21.1 Å². The minimum absolute atomic E-state index is 0.208. The summed E-state index contributed by atoms with van der Waals surface area (Å²) < 4.78 is 49.4. The van der Waals surface area contributed by atoms with E-state index in [1.807, 2.05) is 0 Å². The smallest absolute Gasteiger partial charge is 0.420 e. The summed E-state index contributed by atoms with van der Waals surface area (Å²) in [6, 6.07) is 2.16. The molecule has 0 unspecified atom stereocenters. The lowest BCUT2D eigenvalue weighted by atomic mass is 10.1. The number of benzene rings is 1. The Morgan fingerprint density at radius 1 is 1.23 bits per heavy atom. The van der Waals surface area contributed by atoms with Crippen molar-refractivity contribution < 1.29 is 22.6 Å². The van der Waals surface area contributed by atoms with Gasteiger partial charge in [-0.15, -0.1) is 11.3 Å². The first-order valence-electron chi connectivity index (χ1n) is 6.02. The second-order valence-corrected chi connectivity index (χ2v) is 5.88. The number of hydrogen-bond acceptors (Lipinski definition) is 5. The monoisotopic (exact) mass is 352 g/mol. The number of aromatic nitrogens is 1. The third kappa shape index (κ3) is 3.75. The number of nitrogens with zero attached hydrogens (tertiary/aromatic N) is 1. The van der Waals surface area contributed by atoms with E-state index in [0.29, 0.717) is 4.47 Å². The molecule has 0 saturated heterocycles. The number of halogens is 4. The summed E-state index contributed by atoms with van der Waals surface area (Å²) >= 11 is 6.96. The third-order valence-corrected chi connectivity index (χ3v) is 3.92. The molecule has 9 heteroatoms. The van der Waals surface area contributed by atoms with Crippen molar-refractivity contribution in [3.63, 3.8) is 0 Å². The van der Waals surface area contributed by atoms with Gasteiger partial charge >= 0.3 is 6.18 Å². The van der Waals surface area contributed by atoms with Crippen molar-refractivity contribution in [1.29, 1.82) is 0 Å². The summed E-state index contributed by atoms with van der Waals surface area (Å²) in [5, 5.41) is 2.89. The Morgan fingerprint density at radius 3 is 2.41 bits per heavy atom. The van der Waals surface area contributed by atoms with Crippen LogP contribution in [0.15, 0.2) is 18.3 Å². The Kier molecular flexibility index (Phi) is 5.02. The number of rotatable bonds is 5. The minimum atomic E-state index is -4.53. The number of hydrogen-bond donors (Lipinski definition) is 1. The third-order valence-electron chi connectivity index (χ3n) is 2.81. The Labute approximate surface area is 133 Å². The van der Waals surface area contributed by atoms with Gasteiger partial charge in [0, 0.05) is 17.1 Å².